The number of aromatic nitrogens is 2. The van der Waals surface area contributed by atoms with E-state index in [1.165, 1.54) is 0 Å². The molecule has 2 rings (SSSR count). The molecule has 3 nitrogen and oxygen atoms in total. The van der Waals surface area contributed by atoms with Crippen molar-refractivity contribution in [1.29, 1.82) is 0 Å². The Morgan fingerprint density at radius 2 is 2.14 bits per heavy atom. The molecule has 0 amide bonds. The van der Waals surface area contributed by atoms with E-state index in [0.717, 1.165) is 14.4 Å². The Kier molecular flexibility index (Phi) is 2.52. The van der Waals surface area contributed by atoms with Crippen LogP contribution in [-0.4, -0.2) is 9.97 Å². The summed E-state index contributed by atoms with van der Waals surface area (Å²) >= 11 is 5.04. The van der Waals surface area contributed by atoms with Gasteiger partial charge in [-0.3, -0.25) is 0 Å². The van der Waals surface area contributed by atoms with E-state index in [0.29, 0.717) is 11.6 Å². The smallest absolute Gasteiger partial charge is 0.128 e. The normalized spacial score (nSPS) is 10.4. The summed E-state index contributed by atoms with van der Waals surface area (Å²) in [6, 6.07) is 5.79. The minimum Gasteiger partial charge on any atom is -0.384 e. The van der Waals surface area contributed by atoms with Gasteiger partial charge in [0.2, 0.25) is 0 Å². The van der Waals surface area contributed by atoms with Crippen molar-refractivity contribution in [1.82, 2.24) is 9.97 Å². The number of halogens is 1. The predicted octanol–water partition coefficient (Wildman–Crippen LogP) is 2.86. The summed E-state index contributed by atoms with van der Waals surface area (Å²) in [4.78, 5) is 9.43. The van der Waals surface area contributed by atoms with Crippen LogP contribution in [0.3, 0.4) is 0 Å². The van der Waals surface area contributed by atoms with Crippen LogP contribution in [0.5, 0.6) is 0 Å². The lowest BCUT2D eigenvalue weighted by molar-refractivity contribution is 1.07. The van der Waals surface area contributed by atoms with Gasteiger partial charge in [0.1, 0.15) is 11.6 Å². The summed E-state index contributed by atoms with van der Waals surface area (Å²) in [5.41, 5.74) is 6.53. The summed E-state index contributed by atoms with van der Waals surface area (Å²) in [5.74, 6) is 1.21. The van der Waals surface area contributed by atoms with Gasteiger partial charge in [0.05, 0.1) is 14.4 Å². The van der Waals surface area contributed by atoms with Crippen molar-refractivity contribution in [3.63, 3.8) is 0 Å². The van der Waals surface area contributed by atoms with E-state index in [-0.39, 0.29) is 0 Å². The average Bonchev–Trinajstić information content (AvgIpc) is 2.50. The van der Waals surface area contributed by atoms with E-state index in [4.69, 9.17) is 5.73 Å². The SMILES string of the molecule is Cc1nc(N)cc(-c2ccc(Br)s2)n1. The maximum Gasteiger partial charge on any atom is 0.128 e. The van der Waals surface area contributed by atoms with Crippen LogP contribution in [0.1, 0.15) is 5.82 Å². The minimum absolute atomic E-state index is 0.511. The third kappa shape index (κ3) is 1.93. The standard InChI is InChI=1S/C9H8BrN3S/c1-5-12-6(4-9(11)13-5)7-2-3-8(10)14-7/h2-4H,1H3,(H2,11,12,13). The zero-order valence-corrected chi connectivity index (χ0v) is 9.89. The van der Waals surface area contributed by atoms with Gasteiger partial charge in [-0.25, -0.2) is 9.97 Å². The van der Waals surface area contributed by atoms with Crippen LogP contribution in [0.2, 0.25) is 0 Å². The zero-order valence-electron chi connectivity index (χ0n) is 7.49. The number of rotatable bonds is 1. The van der Waals surface area contributed by atoms with Crippen LogP contribution < -0.4 is 5.73 Å². The van der Waals surface area contributed by atoms with Crippen LogP contribution in [0.4, 0.5) is 5.82 Å². The quantitative estimate of drug-likeness (QED) is 0.866. The van der Waals surface area contributed by atoms with Crippen LogP contribution in [0, 0.1) is 6.92 Å². The van der Waals surface area contributed by atoms with Crippen LogP contribution in [-0.2, 0) is 0 Å². The van der Waals surface area contributed by atoms with E-state index < -0.39 is 0 Å². The molecule has 0 spiro atoms. The minimum atomic E-state index is 0.511. The van der Waals surface area contributed by atoms with Crippen LogP contribution in [0.25, 0.3) is 10.6 Å². The molecule has 5 heteroatoms. The van der Waals surface area contributed by atoms with E-state index in [1.807, 2.05) is 19.1 Å². The molecule has 14 heavy (non-hydrogen) atoms. The monoisotopic (exact) mass is 269 g/mol. The molecule has 0 aliphatic heterocycles. The fourth-order valence-corrected chi connectivity index (χ4v) is 2.52. The number of anilines is 1. The first kappa shape index (κ1) is 9.61. The Labute approximate surface area is 94.1 Å². The first-order chi connectivity index (χ1) is 6.65. The Hall–Kier alpha value is -0.940. The van der Waals surface area contributed by atoms with Crippen LogP contribution in [0.15, 0.2) is 22.0 Å². The number of nitrogens with two attached hydrogens (primary N) is 1. The fourth-order valence-electron chi connectivity index (χ4n) is 1.17. The number of thiophene rings is 1. The molecular formula is C9H8BrN3S. The van der Waals surface area contributed by atoms with Crippen molar-refractivity contribution >= 4 is 33.1 Å². The highest BCUT2D eigenvalue weighted by atomic mass is 79.9. The van der Waals surface area contributed by atoms with E-state index in [9.17, 15) is 0 Å². The number of aryl methyl sites for hydroxylation is 1. The highest BCUT2D eigenvalue weighted by Gasteiger charge is 2.04. The molecule has 0 unspecified atom stereocenters. The Morgan fingerprint density at radius 3 is 2.71 bits per heavy atom. The second-order valence-electron chi connectivity index (χ2n) is 2.83. The number of nitrogens with zero attached hydrogens (tertiary/aromatic N) is 2. The summed E-state index contributed by atoms with van der Waals surface area (Å²) in [6.07, 6.45) is 0. The van der Waals surface area contributed by atoms with Gasteiger partial charge < -0.3 is 5.73 Å². The zero-order chi connectivity index (χ0) is 10.1. The molecule has 0 saturated carbocycles. The number of hydrogen-bond acceptors (Lipinski definition) is 4. The van der Waals surface area contributed by atoms with Gasteiger partial charge in [0.15, 0.2) is 0 Å². The molecule has 2 aromatic rings. The summed E-state index contributed by atoms with van der Waals surface area (Å²) < 4.78 is 1.09. The van der Waals surface area contributed by atoms with Gasteiger partial charge in [-0.05, 0) is 35.0 Å². The van der Waals surface area contributed by atoms with E-state index >= 15 is 0 Å². The molecule has 2 aromatic heterocycles. The van der Waals surface area contributed by atoms with Gasteiger partial charge in [-0.1, -0.05) is 0 Å². The molecule has 72 valence electrons. The maximum absolute atomic E-state index is 5.65. The average molecular weight is 270 g/mol. The van der Waals surface area contributed by atoms with Gasteiger partial charge in [-0.15, -0.1) is 11.3 Å². The molecule has 0 saturated heterocycles. The third-order valence-corrected chi connectivity index (χ3v) is 3.33. The second kappa shape index (κ2) is 3.67. The van der Waals surface area contributed by atoms with Crippen LogP contribution >= 0.6 is 27.3 Å². The first-order valence-electron chi connectivity index (χ1n) is 4.02. The largest absolute Gasteiger partial charge is 0.384 e. The topological polar surface area (TPSA) is 51.8 Å². The Morgan fingerprint density at radius 1 is 1.36 bits per heavy atom. The van der Waals surface area contributed by atoms with Gasteiger partial charge in [0, 0.05) is 6.07 Å². The van der Waals surface area contributed by atoms with Crippen molar-refractivity contribution < 1.29 is 0 Å². The van der Waals surface area contributed by atoms with Crippen molar-refractivity contribution in [2.24, 2.45) is 0 Å². The molecule has 2 N–H and O–H groups in total. The third-order valence-electron chi connectivity index (χ3n) is 1.68. The summed E-state index contributed by atoms with van der Waals surface area (Å²) in [5, 5.41) is 0. The molecule has 0 fully saturated rings. The van der Waals surface area contributed by atoms with Gasteiger partial charge in [0.25, 0.3) is 0 Å². The van der Waals surface area contributed by atoms with Gasteiger partial charge in [-0.2, -0.15) is 0 Å². The maximum atomic E-state index is 5.65. The Bertz CT molecular complexity index is 447. The number of nitrogen functional groups attached to an aromatic ring is 1. The first-order valence-corrected chi connectivity index (χ1v) is 5.63. The van der Waals surface area contributed by atoms with Crippen molar-refractivity contribution in [3.05, 3.63) is 27.8 Å². The number of hydrogen-bond donors (Lipinski definition) is 1. The lowest BCUT2D eigenvalue weighted by Crippen LogP contribution is -1.96. The Balaban J connectivity index is 2.51. The molecule has 0 bridgehead atoms. The summed E-state index contributed by atoms with van der Waals surface area (Å²) in [6.45, 7) is 1.84. The highest BCUT2D eigenvalue weighted by Crippen LogP contribution is 2.30. The molecule has 0 aliphatic rings. The summed E-state index contributed by atoms with van der Waals surface area (Å²) in [7, 11) is 0. The van der Waals surface area contributed by atoms with Gasteiger partial charge >= 0.3 is 0 Å². The molecule has 0 atom stereocenters. The molecule has 0 radical (unpaired) electrons. The van der Waals surface area contributed by atoms with E-state index in [2.05, 4.69) is 25.9 Å². The van der Waals surface area contributed by atoms with Crippen molar-refractivity contribution in [2.45, 2.75) is 6.92 Å². The lowest BCUT2D eigenvalue weighted by Gasteiger charge is -1.99. The molecule has 0 aliphatic carbocycles. The predicted molar refractivity (Wildman–Crippen MR) is 62.2 cm³/mol. The van der Waals surface area contributed by atoms with Crippen molar-refractivity contribution in [2.75, 3.05) is 5.73 Å². The molecule has 0 aromatic carbocycles. The molecular weight excluding hydrogens is 262 g/mol. The van der Waals surface area contributed by atoms with Crippen molar-refractivity contribution in [3.8, 4) is 10.6 Å². The molecule has 2 heterocycles. The highest BCUT2D eigenvalue weighted by molar-refractivity contribution is 9.11. The lowest BCUT2D eigenvalue weighted by atomic mass is 10.3. The van der Waals surface area contributed by atoms with E-state index in [1.54, 1.807) is 17.4 Å². The fraction of sp³-hybridized carbons (Fsp3) is 0.111. The second-order valence-corrected chi connectivity index (χ2v) is 5.29.